The predicted octanol–water partition coefficient (Wildman–Crippen LogP) is 2.40. The van der Waals surface area contributed by atoms with Gasteiger partial charge in [0, 0.05) is 13.7 Å². The molecule has 2 unspecified atom stereocenters. The SMILES string of the molecule is CCCNC(c1c(Br)cnn1C)C1CCCO1. The van der Waals surface area contributed by atoms with Gasteiger partial charge in [-0.15, -0.1) is 0 Å². The van der Waals surface area contributed by atoms with Crippen molar-refractivity contribution in [3.05, 3.63) is 16.4 Å². The molecule has 0 amide bonds. The molecule has 0 aliphatic carbocycles. The van der Waals surface area contributed by atoms with Crippen molar-refractivity contribution in [1.82, 2.24) is 15.1 Å². The zero-order chi connectivity index (χ0) is 12.3. The first-order valence-electron chi connectivity index (χ1n) is 6.26. The summed E-state index contributed by atoms with van der Waals surface area (Å²) in [5.74, 6) is 0. The van der Waals surface area contributed by atoms with E-state index in [-0.39, 0.29) is 12.1 Å². The maximum atomic E-state index is 5.82. The highest BCUT2D eigenvalue weighted by atomic mass is 79.9. The first-order valence-corrected chi connectivity index (χ1v) is 7.05. The maximum absolute atomic E-state index is 5.82. The Hall–Kier alpha value is -0.390. The largest absolute Gasteiger partial charge is 0.376 e. The highest BCUT2D eigenvalue weighted by molar-refractivity contribution is 9.10. The van der Waals surface area contributed by atoms with Gasteiger partial charge in [-0.2, -0.15) is 5.10 Å². The molecule has 0 bridgehead atoms. The number of nitrogens with zero attached hydrogens (tertiary/aromatic N) is 2. The summed E-state index contributed by atoms with van der Waals surface area (Å²) >= 11 is 3.58. The smallest absolute Gasteiger partial charge is 0.0786 e. The highest BCUT2D eigenvalue weighted by Crippen LogP contribution is 2.31. The van der Waals surface area contributed by atoms with E-state index in [1.807, 2.05) is 17.9 Å². The predicted molar refractivity (Wildman–Crippen MR) is 70.9 cm³/mol. The van der Waals surface area contributed by atoms with E-state index in [2.05, 4.69) is 33.3 Å². The third-order valence-corrected chi connectivity index (χ3v) is 3.79. The van der Waals surface area contributed by atoms with Crippen LogP contribution in [0.2, 0.25) is 0 Å². The van der Waals surface area contributed by atoms with E-state index in [9.17, 15) is 0 Å². The van der Waals surface area contributed by atoms with Crippen LogP contribution in [-0.2, 0) is 11.8 Å². The van der Waals surface area contributed by atoms with Gasteiger partial charge in [-0.3, -0.25) is 4.68 Å². The van der Waals surface area contributed by atoms with Gasteiger partial charge >= 0.3 is 0 Å². The Morgan fingerprint density at radius 2 is 2.53 bits per heavy atom. The molecule has 96 valence electrons. The molecule has 4 nitrogen and oxygen atoms in total. The van der Waals surface area contributed by atoms with Gasteiger partial charge in [0.2, 0.25) is 0 Å². The lowest BCUT2D eigenvalue weighted by molar-refractivity contribution is 0.0755. The molecule has 0 spiro atoms. The van der Waals surface area contributed by atoms with E-state index in [0.717, 1.165) is 36.9 Å². The van der Waals surface area contributed by atoms with E-state index >= 15 is 0 Å². The molecular weight excluding hydrogens is 282 g/mol. The van der Waals surface area contributed by atoms with E-state index in [0.29, 0.717) is 0 Å². The van der Waals surface area contributed by atoms with Crippen molar-refractivity contribution in [1.29, 1.82) is 0 Å². The van der Waals surface area contributed by atoms with E-state index < -0.39 is 0 Å². The Bertz CT molecular complexity index is 341. The van der Waals surface area contributed by atoms with E-state index in [4.69, 9.17) is 4.74 Å². The van der Waals surface area contributed by atoms with Gasteiger partial charge in [-0.1, -0.05) is 6.92 Å². The summed E-state index contributed by atoms with van der Waals surface area (Å²) in [5, 5.41) is 7.87. The van der Waals surface area contributed by atoms with Crippen LogP contribution in [0.15, 0.2) is 10.7 Å². The summed E-state index contributed by atoms with van der Waals surface area (Å²) in [6, 6.07) is 0.235. The first-order chi connectivity index (χ1) is 8.24. The molecule has 1 fully saturated rings. The molecule has 5 heteroatoms. The Balaban J connectivity index is 2.19. The van der Waals surface area contributed by atoms with Crippen LogP contribution in [0.4, 0.5) is 0 Å². The number of aromatic nitrogens is 2. The molecule has 1 saturated heterocycles. The second-order valence-electron chi connectivity index (χ2n) is 4.48. The minimum atomic E-state index is 0.235. The van der Waals surface area contributed by atoms with Crippen LogP contribution in [0.1, 0.15) is 37.9 Å². The third-order valence-electron chi connectivity index (χ3n) is 3.18. The van der Waals surface area contributed by atoms with Gasteiger partial charge in [-0.25, -0.2) is 0 Å². The minimum Gasteiger partial charge on any atom is -0.376 e. The molecule has 0 saturated carbocycles. The Labute approximate surface area is 111 Å². The molecule has 2 heterocycles. The molecule has 1 aliphatic rings. The molecule has 17 heavy (non-hydrogen) atoms. The average molecular weight is 302 g/mol. The zero-order valence-electron chi connectivity index (χ0n) is 10.4. The molecule has 2 rings (SSSR count). The molecule has 1 aromatic rings. The van der Waals surface area contributed by atoms with E-state index in [1.165, 1.54) is 5.69 Å². The van der Waals surface area contributed by atoms with Crippen LogP contribution < -0.4 is 5.32 Å². The van der Waals surface area contributed by atoms with Crippen molar-refractivity contribution in [3.8, 4) is 0 Å². The number of ether oxygens (including phenoxy) is 1. The summed E-state index contributed by atoms with van der Waals surface area (Å²) in [7, 11) is 1.98. The molecule has 2 atom stereocenters. The lowest BCUT2D eigenvalue weighted by Crippen LogP contribution is -2.34. The summed E-state index contributed by atoms with van der Waals surface area (Å²) in [6.45, 7) is 4.06. The van der Waals surface area contributed by atoms with Crippen molar-refractivity contribution in [2.45, 2.75) is 38.3 Å². The van der Waals surface area contributed by atoms with Crippen LogP contribution in [0.25, 0.3) is 0 Å². The van der Waals surface area contributed by atoms with Crippen molar-refractivity contribution in [3.63, 3.8) is 0 Å². The monoisotopic (exact) mass is 301 g/mol. The standard InChI is InChI=1S/C12H20BrN3O/c1-3-6-14-11(10-5-4-7-17-10)12-9(13)8-15-16(12)2/h8,10-11,14H,3-7H2,1-2H3. The number of hydrogen-bond donors (Lipinski definition) is 1. The summed E-state index contributed by atoms with van der Waals surface area (Å²) < 4.78 is 8.81. The lowest BCUT2D eigenvalue weighted by Gasteiger charge is -2.25. The van der Waals surface area contributed by atoms with Crippen LogP contribution in [0, 0.1) is 0 Å². The minimum absolute atomic E-state index is 0.235. The van der Waals surface area contributed by atoms with Gasteiger partial charge in [0.15, 0.2) is 0 Å². The van der Waals surface area contributed by atoms with Gasteiger partial charge in [-0.05, 0) is 41.7 Å². The Kier molecular flexibility index (Phi) is 4.59. The van der Waals surface area contributed by atoms with Gasteiger partial charge in [0.05, 0.1) is 28.5 Å². The van der Waals surface area contributed by atoms with Gasteiger partial charge < -0.3 is 10.1 Å². The summed E-state index contributed by atoms with van der Waals surface area (Å²) in [6.07, 6.45) is 5.53. The van der Waals surface area contributed by atoms with Gasteiger partial charge in [0.1, 0.15) is 0 Å². The topological polar surface area (TPSA) is 39.1 Å². The fraction of sp³-hybridized carbons (Fsp3) is 0.750. The average Bonchev–Trinajstić information content (AvgIpc) is 2.93. The van der Waals surface area contributed by atoms with Crippen LogP contribution in [0.3, 0.4) is 0 Å². The first kappa shape index (κ1) is 13.1. The molecule has 0 aromatic carbocycles. The molecule has 1 aliphatic heterocycles. The Morgan fingerprint density at radius 3 is 3.06 bits per heavy atom. The van der Waals surface area contributed by atoms with Crippen LogP contribution in [0.5, 0.6) is 0 Å². The zero-order valence-corrected chi connectivity index (χ0v) is 12.0. The fourth-order valence-electron chi connectivity index (χ4n) is 2.34. The Morgan fingerprint density at radius 1 is 1.71 bits per heavy atom. The number of halogens is 1. The highest BCUT2D eigenvalue weighted by Gasteiger charge is 2.30. The fourth-order valence-corrected chi connectivity index (χ4v) is 2.93. The molecular formula is C12H20BrN3O. The summed E-state index contributed by atoms with van der Waals surface area (Å²) in [4.78, 5) is 0. The quantitative estimate of drug-likeness (QED) is 0.908. The summed E-state index contributed by atoms with van der Waals surface area (Å²) in [5.41, 5.74) is 1.19. The molecule has 0 radical (unpaired) electrons. The third kappa shape index (κ3) is 2.89. The van der Waals surface area contributed by atoms with Crippen molar-refractivity contribution >= 4 is 15.9 Å². The maximum Gasteiger partial charge on any atom is 0.0786 e. The number of nitrogens with one attached hydrogen (secondary N) is 1. The van der Waals surface area contributed by atoms with Crippen LogP contribution >= 0.6 is 15.9 Å². The van der Waals surface area contributed by atoms with E-state index in [1.54, 1.807) is 0 Å². The molecule has 1 aromatic heterocycles. The number of aryl methyl sites for hydroxylation is 1. The number of rotatable bonds is 5. The molecule has 1 N–H and O–H groups in total. The van der Waals surface area contributed by atoms with Crippen molar-refractivity contribution < 1.29 is 4.74 Å². The second kappa shape index (κ2) is 5.98. The lowest BCUT2D eigenvalue weighted by atomic mass is 10.0. The van der Waals surface area contributed by atoms with Crippen molar-refractivity contribution in [2.75, 3.05) is 13.2 Å². The normalized spacial score (nSPS) is 21.9. The second-order valence-corrected chi connectivity index (χ2v) is 5.34. The number of hydrogen-bond acceptors (Lipinski definition) is 3. The van der Waals surface area contributed by atoms with Gasteiger partial charge in [0.25, 0.3) is 0 Å². The van der Waals surface area contributed by atoms with Crippen molar-refractivity contribution in [2.24, 2.45) is 7.05 Å². The van der Waals surface area contributed by atoms with Crippen LogP contribution in [-0.4, -0.2) is 29.0 Å².